The van der Waals surface area contributed by atoms with E-state index in [2.05, 4.69) is 0 Å². The van der Waals surface area contributed by atoms with Crippen LogP contribution in [0.15, 0.2) is 47.3 Å². The van der Waals surface area contributed by atoms with Gasteiger partial charge >= 0.3 is 11.9 Å². The van der Waals surface area contributed by atoms with Gasteiger partial charge in [0.05, 0.1) is 18.0 Å². The van der Waals surface area contributed by atoms with Gasteiger partial charge in [-0.25, -0.2) is 4.79 Å². The van der Waals surface area contributed by atoms with E-state index in [0.29, 0.717) is 49.7 Å². The summed E-state index contributed by atoms with van der Waals surface area (Å²) in [5, 5.41) is 12.4. The van der Waals surface area contributed by atoms with Crippen LogP contribution < -0.4 is 10.3 Å². The highest BCUT2D eigenvalue weighted by molar-refractivity contribution is 5.98. The first kappa shape index (κ1) is 26.4. The van der Waals surface area contributed by atoms with Gasteiger partial charge in [-0.2, -0.15) is 0 Å². The van der Waals surface area contributed by atoms with Crippen molar-refractivity contribution in [1.29, 1.82) is 0 Å². The third-order valence-corrected chi connectivity index (χ3v) is 7.51. The number of hydrogen-bond acceptors (Lipinski definition) is 7. The number of pyridine rings is 1. The van der Waals surface area contributed by atoms with E-state index in [-0.39, 0.29) is 40.4 Å². The van der Waals surface area contributed by atoms with Crippen LogP contribution in [0.2, 0.25) is 0 Å². The van der Waals surface area contributed by atoms with Crippen LogP contribution in [-0.2, 0) is 21.4 Å². The van der Waals surface area contributed by atoms with Gasteiger partial charge in [-0.1, -0.05) is 30.4 Å². The molecule has 0 bridgehead atoms. The Morgan fingerprint density at radius 2 is 1.79 bits per heavy atom. The Morgan fingerprint density at radius 3 is 2.62 bits per heavy atom. The molecule has 5 rings (SSSR count). The Hall–Kier alpha value is -4.20. The molecule has 0 unspecified atom stereocenters. The minimum Gasteiger partial charge on any atom is -0.507 e. The number of aromatic hydroxyl groups is 1. The van der Waals surface area contributed by atoms with Crippen molar-refractivity contribution in [2.45, 2.75) is 63.9 Å². The number of phenols is 1. The zero-order valence-electron chi connectivity index (χ0n) is 22.1. The van der Waals surface area contributed by atoms with E-state index in [4.69, 9.17) is 9.47 Å². The molecule has 3 heterocycles. The molecule has 0 radical (unpaired) electrons. The average Bonchev–Trinajstić information content (AvgIpc) is 2.89. The predicted molar refractivity (Wildman–Crippen MR) is 146 cm³/mol. The molecular weight excluding hydrogens is 498 g/mol. The van der Waals surface area contributed by atoms with Crippen LogP contribution in [0.1, 0.15) is 84.8 Å². The van der Waals surface area contributed by atoms with Crippen LogP contribution in [0.25, 0.3) is 17.0 Å². The van der Waals surface area contributed by atoms with Crippen molar-refractivity contribution in [3.63, 3.8) is 0 Å². The zero-order valence-corrected chi connectivity index (χ0v) is 22.1. The molecule has 2 aliphatic heterocycles. The second-order valence-electron chi connectivity index (χ2n) is 10.3. The van der Waals surface area contributed by atoms with Gasteiger partial charge in [-0.3, -0.25) is 14.4 Å². The molecule has 39 heavy (non-hydrogen) atoms. The third-order valence-electron chi connectivity index (χ3n) is 7.51. The second-order valence-corrected chi connectivity index (χ2v) is 10.3. The van der Waals surface area contributed by atoms with E-state index in [1.54, 1.807) is 32.2 Å². The molecule has 202 valence electrons. The number of fused-ring (bicyclic) bond motifs is 3. The first-order valence-electron chi connectivity index (χ1n) is 13.3. The molecule has 2 atom stereocenters. The van der Waals surface area contributed by atoms with Gasteiger partial charge < -0.3 is 19.1 Å². The number of Topliss-reactive ketones (excluding diaryl/α,β-unsaturated/α-hetero) is 1. The fraction of sp³-hybridized carbons (Fsp3) is 0.355. The van der Waals surface area contributed by atoms with Crippen LogP contribution in [0, 0.1) is 0 Å². The number of carbonyl (C=O) groups is 3. The maximum Gasteiger partial charge on any atom is 0.342 e. The lowest BCUT2D eigenvalue weighted by molar-refractivity contribution is -0.135. The zero-order chi connectivity index (χ0) is 27.7. The van der Waals surface area contributed by atoms with Crippen molar-refractivity contribution in [2.24, 2.45) is 7.05 Å². The van der Waals surface area contributed by atoms with Crippen molar-refractivity contribution >= 4 is 34.7 Å². The number of ketones is 1. The fourth-order valence-electron chi connectivity index (χ4n) is 5.48. The molecule has 3 aromatic rings. The normalized spacial score (nSPS) is 21.3. The molecule has 0 aliphatic carbocycles. The van der Waals surface area contributed by atoms with Gasteiger partial charge in [-0.15, -0.1) is 0 Å². The number of benzene rings is 2. The first-order valence-corrected chi connectivity index (χ1v) is 13.3. The molecule has 1 N–H and O–H groups in total. The quantitative estimate of drug-likeness (QED) is 0.342. The number of hydrogen-bond donors (Lipinski definition) is 1. The van der Waals surface area contributed by atoms with Gasteiger partial charge in [0.25, 0.3) is 5.56 Å². The summed E-state index contributed by atoms with van der Waals surface area (Å²) in [6.45, 7) is 1.75. The highest BCUT2D eigenvalue weighted by Crippen LogP contribution is 2.46. The Morgan fingerprint density at radius 1 is 1.03 bits per heavy atom. The highest BCUT2D eigenvalue weighted by atomic mass is 16.5. The minimum absolute atomic E-state index is 0.0365. The lowest BCUT2D eigenvalue weighted by Crippen LogP contribution is -2.29. The van der Waals surface area contributed by atoms with Crippen molar-refractivity contribution in [3.05, 3.63) is 75.1 Å². The largest absolute Gasteiger partial charge is 0.507 e. The Labute approximate surface area is 225 Å². The number of allylic oxidation sites excluding steroid dienone is 1. The summed E-state index contributed by atoms with van der Waals surface area (Å²) >= 11 is 0. The number of cyclic esters (lactones) is 1. The van der Waals surface area contributed by atoms with Crippen LogP contribution in [-0.4, -0.2) is 33.5 Å². The van der Waals surface area contributed by atoms with Gasteiger partial charge in [0.15, 0.2) is 0 Å². The number of nitrogens with zero attached hydrogens (tertiary/aromatic N) is 1. The van der Waals surface area contributed by atoms with Gasteiger partial charge in [-0.05, 0) is 61.8 Å². The number of para-hydroxylation sites is 1. The Balaban J connectivity index is 1.67. The molecule has 0 saturated carbocycles. The molecule has 0 saturated heterocycles. The van der Waals surface area contributed by atoms with Crippen LogP contribution in [0.5, 0.6) is 11.5 Å². The van der Waals surface area contributed by atoms with Crippen molar-refractivity contribution in [3.8, 4) is 11.5 Å². The van der Waals surface area contributed by atoms with Crippen LogP contribution in [0.3, 0.4) is 0 Å². The molecule has 2 aliphatic rings. The standard InChI is InChI=1S/C31H31NO7/c1-18-9-8-13-21(33)12-5-3-4-11-20-16-25-28(29(35)27(20)31(37)38-18)22(17-26(34)39-25)23-15-19-10-6-7-14-24(19)32(2)30(23)36/h4,6-7,10-11,14-16,18,22,35H,3,5,8-9,12-13,17H2,1-2H3/b11-4+/t18-,22-/m1/s1. The minimum atomic E-state index is -0.817. The molecule has 1 aromatic heterocycles. The predicted octanol–water partition coefficient (Wildman–Crippen LogP) is 5.17. The number of aromatic nitrogens is 1. The number of phenolic OH excluding ortho intramolecular Hbond substituents is 1. The van der Waals surface area contributed by atoms with Crippen molar-refractivity contribution in [2.75, 3.05) is 0 Å². The summed E-state index contributed by atoms with van der Waals surface area (Å²) in [5.74, 6) is -2.15. The number of rotatable bonds is 1. The lowest BCUT2D eigenvalue weighted by Gasteiger charge is -2.27. The van der Waals surface area contributed by atoms with E-state index in [0.717, 1.165) is 10.9 Å². The Bertz CT molecular complexity index is 1570. The molecule has 0 fully saturated rings. The number of carbonyl (C=O) groups excluding carboxylic acids is 3. The summed E-state index contributed by atoms with van der Waals surface area (Å²) in [5.41, 5.74) is 1.28. The molecule has 2 aromatic carbocycles. The fourth-order valence-corrected chi connectivity index (χ4v) is 5.48. The number of esters is 2. The molecule has 8 heteroatoms. The molecule has 8 nitrogen and oxygen atoms in total. The van der Waals surface area contributed by atoms with E-state index >= 15 is 0 Å². The van der Waals surface area contributed by atoms with Gasteiger partial charge in [0.1, 0.15) is 22.8 Å². The maximum absolute atomic E-state index is 13.4. The van der Waals surface area contributed by atoms with E-state index in [1.807, 2.05) is 30.3 Å². The lowest BCUT2D eigenvalue weighted by atomic mass is 9.83. The topological polar surface area (TPSA) is 112 Å². The van der Waals surface area contributed by atoms with Crippen LogP contribution in [0.4, 0.5) is 0 Å². The molecule has 0 spiro atoms. The van der Waals surface area contributed by atoms with Gasteiger partial charge in [0.2, 0.25) is 0 Å². The summed E-state index contributed by atoms with van der Waals surface area (Å²) in [6, 6.07) is 10.7. The van der Waals surface area contributed by atoms with E-state index in [1.165, 1.54) is 4.57 Å². The summed E-state index contributed by atoms with van der Waals surface area (Å²) in [4.78, 5) is 51.6. The molecule has 0 amide bonds. The summed E-state index contributed by atoms with van der Waals surface area (Å²) < 4.78 is 12.7. The van der Waals surface area contributed by atoms with Gasteiger partial charge in [0, 0.05) is 36.9 Å². The number of ether oxygens (including phenoxy) is 2. The van der Waals surface area contributed by atoms with E-state index in [9.17, 15) is 24.3 Å². The van der Waals surface area contributed by atoms with Crippen molar-refractivity contribution < 1.29 is 29.0 Å². The van der Waals surface area contributed by atoms with E-state index < -0.39 is 24.0 Å². The first-order chi connectivity index (χ1) is 18.7. The second kappa shape index (κ2) is 10.9. The average molecular weight is 530 g/mol. The summed E-state index contributed by atoms with van der Waals surface area (Å²) in [6.07, 6.45) is 6.16. The highest BCUT2D eigenvalue weighted by Gasteiger charge is 2.37. The van der Waals surface area contributed by atoms with Crippen molar-refractivity contribution in [1.82, 2.24) is 4.57 Å². The number of aryl methyl sites for hydroxylation is 1. The Kier molecular flexibility index (Phi) is 7.37. The SMILES string of the molecule is C[C@@H]1CCCC(=O)CCC/C=C/c2cc3c(c(O)c2C(=O)O1)[C@@H](c1cc2ccccc2n(C)c1=O)CC(=O)O3. The summed E-state index contributed by atoms with van der Waals surface area (Å²) in [7, 11) is 1.66. The monoisotopic (exact) mass is 529 g/mol. The third kappa shape index (κ3) is 5.24. The smallest absolute Gasteiger partial charge is 0.342 e. The maximum atomic E-state index is 13.4. The molecular formula is C31H31NO7. The van der Waals surface area contributed by atoms with Crippen LogP contribution >= 0.6 is 0 Å².